The highest BCUT2D eigenvalue weighted by molar-refractivity contribution is 7.89. The molecule has 0 atom stereocenters. The molecule has 0 aliphatic carbocycles. The van der Waals surface area contributed by atoms with E-state index in [0.29, 0.717) is 37.7 Å². The van der Waals surface area contributed by atoms with Gasteiger partial charge in [-0.15, -0.1) is 0 Å². The average Bonchev–Trinajstić information content (AvgIpc) is 2.70. The number of likely N-dealkylation sites (tertiary alicyclic amines) is 1. The summed E-state index contributed by atoms with van der Waals surface area (Å²) in [6.07, 6.45) is 1.09. The Morgan fingerprint density at radius 1 is 1.00 bits per heavy atom. The summed E-state index contributed by atoms with van der Waals surface area (Å²) < 4.78 is 66.6. The van der Waals surface area contributed by atoms with E-state index in [4.69, 9.17) is 0 Å². The lowest BCUT2D eigenvalue weighted by atomic mass is 9.97. The number of halogens is 3. The lowest BCUT2D eigenvalue weighted by molar-refractivity contribution is 0.183. The molecule has 1 fully saturated rings. The molecule has 0 aromatic heterocycles. The molecule has 2 aromatic carbocycles. The Kier molecular flexibility index (Phi) is 6.43. The van der Waals surface area contributed by atoms with E-state index < -0.39 is 32.4 Å². The summed E-state index contributed by atoms with van der Waals surface area (Å²) in [6.45, 7) is 0.882. The summed E-state index contributed by atoms with van der Waals surface area (Å²) in [7, 11) is -4.18. The molecule has 0 bridgehead atoms. The summed E-state index contributed by atoms with van der Waals surface area (Å²) in [6, 6.07) is 7.34. The number of nitrogens with one attached hydrogen (secondary N) is 2. The van der Waals surface area contributed by atoms with Crippen LogP contribution in [0.3, 0.4) is 0 Å². The minimum atomic E-state index is -4.18. The Hall–Kier alpha value is -2.59. The van der Waals surface area contributed by atoms with Gasteiger partial charge in [0.05, 0.1) is 0 Å². The lowest BCUT2D eigenvalue weighted by Gasteiger charge is -2.32. The van der Waals surface area contributed by atoms with Crippen molar-refractivity contribution in [3.8, 4) is 0 Å². The van der Waals surface area contributed by atoms with Crippen LogP contribution in [0.2, 0.25) is 0 Å². The topological polar surface area (TPSA) is 78.5 Å². The summed E-state index contributed by atoms with van der Waals surface area (Å²) in [5.41, 5.74) is 0.475. The molecule has 2 aromatic rings. The fraction of sp³-hybridized carbons (Fsp3) is 0.316. The number of carbonyl (C=O) groups excluding carboxylic acids is 1. The predicted molar refractivity (Wildman–Crippen MR) is 101 cm³/mol. The van der Waals surface area contributed by atoms with E-state index in [2.05, 4.69) is 10.0 Å². The number of urea groups is 1. The van der Waals surface area contributed by atoms with Gasteiger partial charge in [0.15, 0.2) is 0 Å². The van der Waals surface area contributed by atoms with Crippen LogP contribution in [0.15, 0.2) is 47.4 Å². The Labute approximate surface area is 166 Å². The largest absolute Gasteiger partial charge is 0.325 e. The Morgan fingerprint density at radius 3 is 2.28 bits per heavy atom. The maximum absolute atomic E-state index is 13.7. The van der Waals surface area contributed by atoms with E-state index in [9.17, 15) is 26.4 Å². The molecular weight excluding hydrogens is 407 g/mol. The fourth-order valence-electron chi connectivity index (χ4n) is 3.06. The Morgan fingerprint density at radius 2 is 1.62 bits per heavy atom. The van der Waals surface area contributed by atoms with Gasteiger partial charge in [0.25, 0.3) is 0 Å². The molecule has 2 amide bonds. The smallest absolute Gasteiger partial charge is 0.321 e. The molecule has 29 heavy (non-hydrogen) atoms. The van der Waals surface area contributed by atoms with E-state index in [1.165, 1.54) is 24.3 Å². The van der Waals surface area contributed by atoms with Gasteiger partial charge in [0.2, 0.25) is 10.0 Å². The van der Waals surface area contributed by atoms with Crippen LogP contribution in [0.1, 0.15) is 12.8 Å². The molecule has 1 aliphatic rings. The zero-order chi connectivity index (χ0) is 21.0. The van der Waals surface area contributed by atoms with Crippen LogP contribution >= 0.6 is 0 Å². The molecule has 2 N–H and O–H groups in total. The van der Waals surface area contributed by atoms with Gasteiger partial charge in [0.1, 0.15) is 22.3 Å². The fourth-order valence-corrected chi connectivity index (χ4v) is 4.27. The quantitative estimate of drug-likeness (QED) is 0.769. The normalized spacial score (nSPS) is 15.3. The number of nitrogens with zero attached hydrogens (tertiary/aromatic N) is 1. The molecule has 0 unspecified atom stereocenters. The molecule has 0 saturated carbocycles. The molecule has 1 heterocycles. The van der Waals surface area contributed by atoms with E-state index in [0.717, 1.165) is 12.1 Å². The Bertz CT molecular complexity index is 976. The van der Waals surface area contributed by atoms with Crippen LogP contribution in [0, 0.1) is 23.4 Å². The summed E-state index contributed by atoms with van der Waals surface area (Å²) in [5.74, 6) is -2.31. The zero-order valence-electron chi connectivity index (χ0n) is 15.4. The first-order valence-electron chi connectivity index (χ1n) is 9.01. The molecule has 0 spiro atoms. The molecule has 156 valence electrons. The van der Waals surface area contributed by atoms with Crippen LogP contribution in [-0.4, -0.2) is 39.0 Å². The van der Waals surface area contributed by atoms with Gasteiger partial charge in [-0.25, -0.2) is 31.1 Å². The summed E-state index contributed by atoms with van der Waals surface area (Å²) in [4.78, 5) is 13.1. The second kappa shape index (κ2) is 8.83. The first-order chi connectivity index (χ1) is 13.7. The molecule has 1 aliphatic heterocycles. The second-order valence-corrected chi connectivity index (χ2v) is 8.53. The third-order valence-electron chi connectivity index (χ3n) is 4.74. The molecule has 3 rings (SSSR count). The number of hydrogen-bond acceptors (Lipinski definition) is 3. The number of carbonyl (C=O) groups is 1. The maximum atomic E-state index is 13.7. The van der Waals surface area contributed by atoms with E-state index in [1.807, 2.05) is 0 Å². The van der Waals surface area contributed by atoms with Gasteiger partial charge in [-0.2, -0.15) is 0 Å². The number of rotatable bonds is 5. The third-order valence-corrected chi connectivity index (χ3v) is 6.18. The predicted octanol–water partition coefficient (Wildman–Crippen LogP) is 3.33. The number of piperidine rings is 1. The van der Waals surface area contributed by atoms with Crippen molar-refractivity contribution in [2.45, 2.75) is 17.7 Å². The van der Waals surface area contributed by atoms with Crippen molar-refractivity contribution >= 4 is 21.7 Å². The standard InChI is InChI=1S/C19H20F3N3O3S/c20-14-1-4-16(5-2-14)24-19(26)25-9-7-13(8-10-25)12-23-29(27,28)18-11-15(21)3-6-17(18)22/h1-6,11,13,23H,7-10,12H2,(H,24,26). The van der Waals surface area contributed by atoms with Crippen molar-refractivity contribution in [3.05, 3.63) is 59.9 Å². The van der Waals surface area contributed by atoms with Crippen LogP contribution in [0.5, 0.6) is 0 Å². The van der Waals surface area contributed by atoms with Crippen molar-refractivity contribution in [2.75, 3.05) is 25.0 Å². The van der Waals surface area contributed by atoms with Gasteiger partial charge in [-0.05, 0) is 61.2 Å². The number of sulfonamides is 1. The monoisotopic (exact) mass is 427 g/mol. The van der Waals surface area contributed by atoms with Crippen molar-refractivity contribution in [1.29, 1.82) is 0 Å². The maximum Gasteiger partial charge on any atom is 0.321 e. The average molecular weight is 427 g/mol. The molecule has 1 saturated heterocycles. The molecule has 6 nitrogen and oxygen atoms in total. The molecule has 0 radical (unpaired) electrons. The number of hydrogen-bond donors (Lipinski definition) is 2. The van der Waals surface area contributed by atoms with Crippen molar-refractivity contribution in [1.82, 2.24) is 9.62 Å². The van der Waals surface area contributed by atoms with E-state index >= 15 is 0 Å². The van der Waals surface area contributed by atoms with Crippen LogP contribution in [0.4, 0.5) is 23.7 Å². The van der Waals surface area contributed by atoms with Gasteiger partial charge >= 0.3 is 6.03 Å². The first-order valence-corrected chi connectivity index (χ1v) is 10.5. The SMILES string of the molecule is O=C(Nc1ccc(F)cc1)N1CCC(CNS(=O)(=O)c2cc(F)ccc2F)CC1. The highest BCUT2D eigenvalue weighted by atomic mass is 32.2. The van der Waals surface area contributed by atoms with Gasteiger partial charge < -0.3 is 10.2 Å². The molecule has 10 heteroatoms. The number of anilines is 1. The highest BCUT2D eigenvalue weighted by Crippen LogP contribution is 2.20. The zero-order valence-corrected chi connectivity index (χ0v) is 16.2. The minimum absolute atomic E-state index is 0.0451. The van der Waals surface area contributed by atoms with Crippen molar-refractivity contribution in [3.63, 3.8) is 0 Å². The van der Waals surface area contributed by atoms with Crippen molar-refractivity contribution < 1.29 is 26.4 Å². The highest BCUT2D eigenvalue weighted by Gasteiger charge is 2.26. The van der Waals surface area contributed by atoms with E-state index in [-0.39, 0.29) is 18.5 Å². The molecular formula is C19H20F3N3O3S. The van der Waals surface area contributed by atoms with Gasteiger partial charge in [0, 0.05) is 25.3 Å². The minimum Gasteiger partial charge on any atom is -0.325 e. The van der Waals surface area contributed by atoms with Crippen molar-refractivity contribution in [2.24, 2.45) is 5.92 Å². The number of benzene rings is 2. The van der Waals surface area contributed by atoms with Crippen LogP contribution < -0.4 is 10.0 Å². The summed E-state index contributed by atoms with van der Waals surface area (Å²) in [5, 5.41) is 2.67. The first kappa shape index (κ1) is 21.1. The third kappa shape index (κ3) is 5.48. The van der Waals surface area contributed by atoms with Crippen LogP contribution in [0.25, 0.3) is 0 Å². The number of amides is 2. The lowest BCUT2D eigenvalue weighted by Crippen LogP contribution is -2.43. The van der Waals surface area contributed by atoms with Gasteiger partial charge in [-0.3, -0.25) is 0 Å². The van der Waals surface area contributed by atoms with E-state index in [1.54, 1.807) is 4.90 Å². The second-order valence-electron chi connectivity index (χ2n) is 6.79. The summed E-state index contributed by atoms with van der Waals surface area (Å²) >= 11 is 0. The van der Waals surface area contributed by atoms with Gasteiger partial charge in [-0.1, -0.05) is 0 Å². The van der Waals surface area contributed by atoms with Crippen LogP contribution in [-0.2, 0) is 10.0 Å². The Balaban J connectivity index is 1.50.